The molecule has 3 N–H and O–H groups in total. The number of fused-ring (bicyclic) bond motifs is 1. The molecule has 0 aliphatic rings. The number of hydrazine groups is 1. The molecule has 3 heteroatoms. The second-order valence-electron chi connectivity index (χ2n) is 3.60. The highest BCUT2D eigenvalue weighted by atomic mass is 15.2. The van der Waals surface area contributed by atoms with Crippen LogP contribution in [-0.2, 0) is 6.42 Å². The molecule has 0 aliphatic heterocycles. The summed E-state index contributed by atoms with van der Waals surface area (Å²) in [5.74, 6) is 5.46. The van der Waals surface area contributed by atoms with E-state index in [1.807, 2.05) is 12.1 Å². The number of pyridine rings is 1. The topological polar surface area (TPSA) is 50.9 Å². The number of hydrogen-bond acceptors (Lipinski definition) is 3. The average Bonchev–Trinajstić information content (AvgIpc) is 2.28. The van der Waals surface area contributed by atoms with E-state index in [9.17, 15) is 0 Å². The van der Waals surface area contributed by atoms with Crippen molar-refractivity contribution in [2.45, 2.75) is 19.8 Å². The van der Waals surface area contributed by atoms with E-state index in [-0.39, 0.29) is 0 Å². The van der Waals surface area contributed by atoms with Gasteiger partial charge in [-0.05, 0) is 30.2 Å². The second-order valence-corrected chi connectivity index (χ2v) is 3.60. The lowest BCUT2D eigenvalue weighted by Crippen LogP contribution is -2.07. The van der Waals surface area contributed by atoms with Crippen molar-refractivity contribution < 1.29 is 0 Å². The first-order valence-corrected chi connectivity index (χ1v) is 5.19. The SMILES string of the molecule is CCCc1ccc2nccc(NN)c2c1. The fourth-order valence-corrected chi connectivity index (χ4v) is 1.76. The molecule has 15 heavy (non-hydrogen) atoms. The van der Waals surface area contributed by atoms with Crippen LogP contribution in [0.15, 0.2) is 30.5 Å². The van der Waals surface area contributed by atoms with Crippen LogP contribution in [0.4, 0.5) is 5.69 Å². The molecule has 1 aromatic heterocycles. The summed E-state index contributed by atoms with van der Waals surface area (Å²) in [6.45, 7) is 2.18. The Kier molecular flexibility index (Phi) is 2.83. The van der Waals surface area contributed by atoms with Gasteiger partial charge >= 0.3 is 0 Å². The standard InChI is InChI=1S/C12H15N3/c1-2-3-9-4-5-11-10(8-9)12(15-13)6-7-14-11/h4-8H,2-3,13H2,1H3,(H,14,15). The molecule has 0 radical (unpaired) electrons. The number of rotatable bonds is 3. The molecule has 1 heterocycles. The van der Waals surface area contributed by atoms with E-state index in [0.29, 0.717) is 0 Å². The molecular weight excluding hydrogens is 186 g/mol. The van der Waals surface area contributed by atoms with Crippen molar-refractivity contribution in [2.75, 3.05) is 5.43 Å². The quantitative estimate of drug-likeness (QED) is 0.592. The molecule has 0 unspecified atom stereocenters. The number of anilines is 1. The zero-order chi connectivity index (χ0) is 10.7. The van der Waals surface area contributed by atoms with Gasteiger partial charge in [0, 0.05) is 11.6 Å². The van der Waals surface area contributed by atoms with E-state index in [0.717, 1.165) is 29.4 Å². The number of nitrogens with one attached hydrogen (secondary N) is 1. The number of nitrogens with zero attached hydrogens (tertiary/aromatic N) is 1. The van der Waals surface area contributed by atoms with Gasteiger partial charge in [0.05, 0.1) is 11.2 Å². The van der Waals surface area contributed by atoms with Crippen LogP contribution in [0, 0.1) is 0 Å². The molecule has 1 aromatic carbocycles. The monoisotopic (exact) mass is 201 g/mol. The number of nitrogens with two attached hydrogens (primary N) is 1. The summed E-state index contributed by atoms with van der Waals surface area (Å²) in [5, 5.41) is 1.09. The molecule has 0 atom stereocenters. The first-order valence-electron chi connectivity index (χ1n) is 5.19. The van der Waals surface area contributed by atoms with Gasteiger partial charge in [0.1, 0.15) is 0 Å². The second kappa shape index (κ2) is 4.28. The maximum atomic E-state index is 5.46. The third-order valence-electron chi connectivity index (χ3n) is 2.50. The van der Waals surface area contributed by atoms with Gasteiger partial charge in [0.15, 0.2) is 0 Å². The van der Waals surface area contributed by atoms with Crippen molar-refractivity contribution in [1.29, 1.82) is 0 Å². The molecule has 0 saturated carbocycles. The summed E-state index contributed by atoms with van der Waals surface area (Å²) in [6.07, 6.45) is 4.00. The Labute approximate surface area is 89.3 Å². The number of benzene rings is 1. The molecule has 3 nitrogen and oxygen atoms in total. The number of hydrogen-bond donors (Lipinski definition) is 2. The van der Waals surface area contributed by atoms with Crippen molar-refractivity contribution in [3.8, 4) is 0 Å². The lowest BCUT2D eigenvalue weighted by Gasteiger charge is -2.06. The fourth-order valence-electron chi connectivity index (χ4n) is 1.76. The van der Waals surface area contributed by atoms with Crippen LogP contribution >= 0.6 is 0 Å². The average molecular weight is 201 g/mol. The van der Waals surface area contributed by atoms with Crippen LogP contribution in [0.2, 0.25) is 0 Å². The van der Waals surface area contributed by atoms with Crippen molar-refractivity contribution in [1.82, 2.24) is 4.98 Å². The summed E-state index contributed by atoms with van der Waals surface area (Å²) in [5.41, 5.74) is 5.93. The first kappa shape index (κ1) is 9.93. The predicted molar refractivity (Wildman–Crippen MR) is 63.5 cm³/mol. The first-order chi connectivity index (χ1) is 7.35. The summed E-state index contributed by atoms with van der Waals surface area (Å²) in [6, 6.07) is 8.21. The highest BCUT2D eigenvalue weighted by Gasteiger charge is 2.01. The molecule has 2 aromatic rings. The molecule has 0 aliphatic carbocycles. The Balaban J connectivity index is 2.57. The van der Waals surface area contributed by atoms with Crippen molar-refractivity contribution in [3.63, 3.8) is 0 Å². The van der Waals surface area contributed by atoms with Crippen LogP contribution < -0.4 is 11.3 Å². The van der Waals surface area contributed by atoms with E-state index < -0.39 is 0 Å². The van der Waals surface area contributed by atoms with Gasteiger partial charge < -0.3 is 5.43 Å². The van der Waals surface area contributed by atoms with Crippen LogP contribution in [0.5, 0.6) is 0 Å². The largest absolute Gasteiger partial charge is 0.323 e. The Morgan fingerprint density at radius 2 is 2.20 bits per heavy atom. The third-order valence-corrected chi connectivity index (χ3v) is 2.50. The van der Waals surface area contributed by atoms with Gasteiger partial charge in [-0.15, -0.1) is 0 Å². The maximum absolute atomic E-state index is 5.46. The van der Waals surface area contributed by atoms with Crippen molar-refractivity contribution in [2.24, 2.45) is 5.84 Å². The van der Waals surface area contributed by atoms with E-state index in [1.165, 1.54) is 5.56 Å². The van der Waals surface area contributed by atoms with Gasteiger partial charge in [-0.1, -0.05) is 19.4 Å². The summed E-state index contributed by atoms with van der Waals surface area (Å²) < 4.78 is 0. The van der Waals surface area contributed by atoms with Gasteiger partial charge in [-0.3, -0.25) is 10.8 Å². The number of nitrogen functional groups attached to an aromatic ring is 1. The molecule has 78 valence electrons. The van der Waals surface area contributed by atoms with E-state index in [1.54, 1.807) is 6.20 Å². The molecule has 2 rings (SSSR count). The van der Waals surface area contributed by atoms with E-state index >= 15 is 0 Å². The Hall–Kier alpha value is -1.61. The van der Waals surface area contributed by atoms with Gasteiger partial charge in [-0.25, -0.2) is 0 Å². The molecule has 0 bridgehead atoms. The summed E-state index contributed by atoms with van der Waals surface area (Å²) >= 11 is 0. The fraction of sp³-hybridized carbons (Fsp3) is 0.250. The van der Waals surface area contributed by atoms with Crippen molar-refractivity contribution in [3.05, 3.63) is 36.0 Å². The van der Waals surface area contributed by atoms with Gasteiger partial charge in [0.25, 0.3) is 0 Å². The minimum absolute atomic E-state index is 0.929. The van der Waals surface area contributed by atoms with Crippen LogP contribution in [0.1, 0.15) is 18.9 Å². The van der Waals surface area contributed by atoms with E-state index in [4.69, 9.17) is 5.84 Å². The van der Waals surface area contributed by atoms with Crippen LogP contribution in [-0.4, -0.2) is 4.98 Å². The van der Waals surface area contributed by atoms with E-state index in [2.05, 4.69) is 29.5 Å². The number of aryl methyl sites for hydroxylation is 1. The van der Waals surface area contributed by atoms with Crippen molar-refractivity contribution >= 4 is 16.6 Å². The molecule has 0 saturated heterocycles. The Bertz CT molecular complexity index is 465. The minimum atomic E-state index is 0.929. The van der Waals surface area contributed by atoms with Crippen LogP contribution in [0.25, 0.3) is 10.9 Å². The number of aromatic nitrogens is 1. The highest BCUT2D eigenvalue weighted by Crippen LogP contribution is 2.22. The van der Waals surface area contributed by atoms with Crippen LogP contribution in [0.3, 0.4) is 0 Å². The zero-order valence-electron chi connectivity index (χ0n) is 8.83. The molecule has 0 amide bonds. The Morgan fingerprint density at radius 3 is 2.93 bits per heavy atom. The zero-order valence-corrected chi connectivity index (χ0v) is 8.83. The lowest BCUT2D eigenvalue weighted by molar-refractivity contribution is 0.923. The summed E-state index contributed by atoms with van der Waals surface area (Å²) in [7, 11) is 0. The smallest absolute Gasteiger partial charge is 0.0723 e. The van der Waals surface area contributed by atoms with Gasteiger partial charge in [-0.2, -0.15) is 0 Å². The lowest BCUT2D eigenvalue weighted by atomic mass is 10.1. The third kappa shape index (κ3) is 1.92. The molecule has 0 spiro atoms. The Morgan fingerprint density at radius 1 is 1.33 bits per heavy atom. The molecule has 0 fully saturated rings. The molecular formula is C12H15N3. The predicted octanol–water partition coefficient (Wildman–Crippen LogP) is 2.47. The normalized spacial score (nSPS) is 10.5. The highest BCUT2D eigenvalue weighted by molar-refractivity contribution is 5.91. The van der Waals surface area contributed by atoms with Gasteiger partial charge in [0.2, 0.25) is 0 Å². The minimum Gasteiger partial charge on any atom is -0.323 e. The summed E-state index contributed by atoms with van der Waals surface area (Å²) in [4.78, 5) is 4.30. The maximum Gasteiger partial charge on any atom is 0.0723 e.